The third kappa shape index (κ3) is 4.50. The molecule has 0 saturated heterocycles. The summed E-state index contributed by atoms with van der Waals surface area (Å²) < 4.78 is 14.1. The third-order valence-corrected chi connectivity index (χ3v) is 3.59. The molecule has 0 aromatic heterocycles. The highest BCUT2D eigenvalue weighted by Crippen LogP contribution is 2.25. The minimum Gasteiger partial charge on any atom is -0.372 e. The van der Waals surface area contributed by atoms with Gasteiger partial charge in [-0.2, -0.15) is 0 Å². The van der Waals surface area contributed by atoms with Crippen molar-refractivity contribution in [3.8, 4) is 0 Å². The number of unbranched alkanes of at least 4 members (excludes halogenated alkanes) is 1. The summed E-state index contributed by atoms with van der Waals surface area (Å²) in [6.45, 7) is 8.21. The molecule has 0 spiro atoms. The van der Waals surface area contributed by atoms with E-state index in [1.54, 1.807) is 6.07 Å². The molecule has 1 unspecified atom stereocenters. The molecule has 0 aliphatic carbocycles. The van der Waals surface area contributed by atoms with Crippen LogP contribution in [0.2, 0.25) is 0 Å². The SMILES string of the molecule is CCCCN(CC)c1cccc(F)c1CC(N)CC. The van der Waals surface area contributed by atoms with Gasteiger partial charge in [-0.25, -0.2) is 4.39 Å². The van der Waals surface area contributed by atoms with Crippen molar-refractivity contribution in [2.24, 2.45) is 5.73 Å². The van der Waals surface area contributed by atoms with Gasteiger partial charge in [-0.3, -0.25) is 0 Å². The van der Waals surface area contributed by atoms with Crippen molar-refractivity contribution < 1.29 is 4.39 Å². The van der Waals surface area contributed by atoms with Gasteiger partial charge < -0.3 is 10.6 Å². The first-order valence-electron chi connectivity index (χ1n) is 7.41. The second kappa shape index (κ2) is 8.16. The Labute approximate surface area is 116 Å². The van der Waals surface area contributed by atoms with Crippen LogP contribution in [-0.2, 0) is 6.42 Å². The van der Waals surface area contributed by atoms with Crippen molar-refractivity contribution in [3.63, 3.8) is 0 Å². The lowest BCUT2D eigenvalue weighted by Crippen LogP contribution is -2.28. The van der Waals surface area contributed by atoms with Crippen LogP contribution in [0.5, 0.6) is 0 Å². The molecule has 0 bridgehead atoms. The van der Waals surface area contributed by atoms with Gasteiger partial charge in [0.05, 0.1) is 0 Å². The van der Waals surface area contributed by atoms with Gasteiger partial charge in [0.15, 0.2) is 0 Å². The molecule has 108 valence electrons. The van der Waals surface area contributed by atoms with Crippen molar-refractivity contribution in [1.82, 2.24) is 0 Å². The van der Waals surface area contributed by atoms with Crippen LogP contribution in [0.1, 0.15) is 45.6 Å². The zero-order chi connectivity index (χ0) is 14.3. The van der Waals surface area contributed by atoms with Crippen LogP contribution >= 0.6 is 0 Å². The van der Waals surface area contributed by atoms with Gasteiger partial charge in [-0.05, 0) is 38.3 Å². The second-order valence-electron chi connectivity index (χ2n) is 5.04. The molecule has 0 aliphatic rings. The molecule has 0 saturated carbocycles. The van der Waals surface area contributed by atoms with Crippen LogP contribution in [0.4, 0.5) is 10.1 Å². The predicted molar refractivity (Wildman–Crippen MR) is 81.2 cm³/mol. The van der Waals surface area contributed by atoms with Gasteiger partial charge >= 0.3 is 0 Å². The highest BCUT2D eigenvalue weighted by molar-refractivity contribution is 5.54. The van der Waals surface area contributed by atoms with Crippen LogP contribution in [-0.4, -0.2) is 19.1 Å². The highest BCUT2D eigenvalue weighted by Gasteiger charge is 2.15. The number of benzene rings is 1. The van der Waals surface area contributed by atoms with E-state index in [2.05, 4.69) is 18.7 Å². The number of rotatable bonds is 8. The van der Waals surface area contributed by atoms with E-state index in [1.807, 2.05) is 13.0 Å². The van der Waals surface area contributed by atoms with E-state index in [0.717, 1.165) is 43.6 Å². The van der Waals surface area contributed by atoms with Crippen LogP contribution in [0.25, 0.3) is 0 Å². The molecular weight excluding hydrogens is 239 g/mol. The second-order valence-corrected chi connectivity index (χ2v) is 5.04. The lowest BCUT2D eigenvalue weighted by molar-refractivity contribution is 0.576. The van der Waals surface area contributed by atoms with Crippen LogP contribution < -0.4 is 10.6 Å². The zero-order valence-electron chi connectivity index (χ0n) is 12.5. The fourth-order valence-electron chi connectivity index (χ4n) is 2.25. The van der Waals surface area contributed by atoms with Crippen molar-refractivity contribution in [2.45, 2.75) is 52.5 Å². The molecule has 3 heteroatoms. The number of hydrogen-bond acceptors (Lipinski definition) is 2. The van der Waals surface area contributed by atoms with Crippen LogP contribution in [0, 0.1) is 5.82 Å². The summed E-state index contributed by atoms with van der Waals surface area (Å²) in [5.41, 5.74) is 7.79. The Morgan fingerprint density at radius 2 is 2.00 bits per heavy atom. The number of anilines is 1. The Morgan fingerprint density at radius 3 is 2.58 bits per heavy atom. The molecule has 0 radical (unpaired) electrons. The number of hydrogen-bond donors (Lipinski definition) is 1. The topological polar surface area (TPSA) is 29.3 Å². The monoisotopic (exact) mass is 266 g/mol. The van der Waals surface area contributed by atoms with Gasteiger partial charge in [0.1, 0.15) is 5.82 Å². The standard InChI is InChI=1S/C16H27FN2/c1-4-7-11-19(6-3)16-10-8-9-15(17)14(16)12-13(18)5-2/h8-10,13H,4-7,11-12,18H2,1-3H3. The molecule has 0 fully saturated rings. The summed E-state index contributed by atoms with van der Waals surface area (Å²) in [6, 6.07) is 5.37. The fourth-order valence-corrected chi connectivity index (χ4v) is 2.25. The maximum absolute atomic E-state index is 14.1. The molecule has 0 amide bonds. The van der Waals surface area contributed by atoms with Crippen molar-refractivity contribution >= 4 is 5.69 Å². The molecule has 0 aliphatic heterocycles. The van der Waals surface area contributed by atoms with Crippen molar-refractivity contribution in [2.75, 3.05) is 18.0 Å². The first-order valence-corrected chi connectivity index (χ1v) is 7.41. The Morgan fingerprint density at radius 1 is 1.26 bits per heavy atom. The molecule has 2 nitrogen and oxygen atoms in total. The number of nitrogens with zero attached hydrogens (tertiary/aromatic N) is 1. The minimum atomic E-state index is -0.128. The molecule has 19 heavy (non-hydrogen) atoms. The number of nitrogens with two attached hydrogens (primary N) is 1. The normalized spacial score (nSPS) is 12.5. The Bertz CT molecular complexity index is 379. The van der Waals surface area contributed by atoms with Gasteiger partial charge in [-0.1, -0.05) is 26.3 Å². The molecule has 1 atom stereocenters. The summed E-state index contributed by atoms with van der Waals surface area (Å²) in [7, 11) is 0. The van der Waals surface area contributed by atoms with Crippen LogP contribution in [0.3, 0.4) is 0 Å². The van der Waals surface area contributed by atoms with E-state index in [4.69, 9.17) is 5.73 Å². The molecule has 1 aromatic carbocycles. The molecular formula is C16H27FN2. The Balaban J connectivity index is 3.00. The average molecular weight is 266 g/mol. The van der Waals surface area contributed by atoms with Crippen LogP contribution in [0.15, 0.2) is 18.2 Å². The largest absolute Gasteiger partial charge is 0.372 e. The van der Waals surface area contributed by atoms with E-state index >= 15 is 0 Å². The summed E-state index contributed by atoms with van der Waals surface area (Å²) in [4.78, 5) is 2.25. The predicted octanol–water partition coefficient (Wildman–Crippen LogP) is 3.73. The van der Waals surface area contributed by atoms with Gasteiger partial charge in [0.25, 0.3) is 0 Å². The summed E-state index contributed by atoms with van der Waals surface area (Å²) in [5.74, 6) is -0.128. The van der Waals surface area contributed by atoms with E-state index in [1.165, 1.54) is 6.07 Å². The molecule has 2 N–H and O–H groups in total. The van der Waals surface area contributed by atoms with Gasteiger partial charge in [0.2, 0.25) is 0 Å². The minimum absolute atomic E-state index is 0.0283. The summed E-state index contributed by atoms with van der Waals surface area (Å²) in [6.07, 6.45) is 3.76. The van der Waals surface area contributed by atoms with E-state index in [-0.39, 0.29) is 11.9 Å². The molecule has 1 rings (SSSR count). The lowest BCUT2D eigenvalue weighted by Gasteiger charge is -2.26. The smallest absolute Gasteiger partial charge is 0.128 e. The highest BCUT2D eigenvalue weighted by atomic mass is 19.1. The van der Waals surface area contributed by atoms with Crippen molar-refractivity contribution in [3.05, 3.63) is 29.6 Å². The van der Waals surface area contributed by atoms with E-state index in [9.17, 15) is 4.39 Å². The fraction of sp³-hybridized carbons (Fsp3) is 0.625. The maximum atomic E-state index is 14.1. The Kier molecular flexibility index (Phi) is 6.85. The zero-order valence-corrected chi connectivity index (χ0v) is 12.5. The van der Waals surface area contributed by atoms with E-state index in [0.29, 0.717) is 6.42 Å². The average Bonchev–Trinajstić information content (AvgIpc) is 2.42. The van der Waals surface area contributed by atoms with Crippen molar-refractivity contribution in [1.29, 1.82) is 0 Å². The summed E-state index contributed by atoms with van der Waals surface area (Å²) in [5, 5.41) is 0. The van der Waals surface area contributed by atoms with Gasteiger partial charge in [0, 0.05) is 30.4 Å². The first-order chi connectivity index (χ1) is 9.13. The van der Waals surface area contributed by atoms with Gasteiger partial charge in [-0.15, -0.1) is 0 Å². The van der Waals surface area contributed by atoms with E-state index < -0.39 is 0 Å². The third-order valence-electron chi connectivity index (χ3n) is 3.59. The lowest BCUT2D eigenvalue weighted by atomic mass is 10.0. The quantitative estimate of drug-likeness (QED) is 0.777. The summed E-state index contributed by atoms with van der Waals surface area (Å²) >= 11 is 0. The Hall–Kier alpha value is -1.09. The maximum Gasteiger partial charge on any atom is 0.128 e. The molecule has 1 aromatic rings. The first kappa shape index (κ1) is 16.0. The molecule has 0 heterocycles. The number of halogens is 1.